The minimum absolute atomic E-state index is 0.509. The van der Waals surface area contributed by atoms with E-state index in [0.717, 1.165) is 31.5 Å². The number of hydrogen-bond donors (Lipinski definition) is 0. The van der Waals surface area contributed by atoms with Crippen molar-refractivity contribution in [1.29, 1.82) is 0 Å². The van der Waals surface area contributed by atoms with Crippen molar-refractivity contribution in [1.82, 2.24) is 0 Å². The average Bonchev–Trinajstić information content (AvgIpc) is 2.26. The lowest BCUT2D eigenvalue weighted by Crippen LogP contribution is -2.20. The molecular formula is C12H14O2. The van der Waals surface area contributed by atoms with Gasteiger partial charge in [0.2, 0.25) is 0 Å². The molecule has 1 aromatic carbocycles. The summed E-state index contributed by atoms with van der Waals surface area (Å²) in [6, 6.07) is 8.13. The molecule has 0 bridgehead atoms. The van der Waals surface area contributed by atoms with Gasteiger partial charge in [-0.3, -0.25) is 0 Å². The fourth-order valence-electron chi connectivity index (χ4n) is 1.88. The van der Waals surface area contributed by atoms with E-state index in [-0.39, 0.29) is 0 Å². The van der Waals surface area contributed by atoms with E-state index >= 15 is 0 Å². The van der Waals surface area contributed by atoms with Gasteiger partial charge in [0.05, 0.1) is 6.61 Å². The van der Waals surface area contributed by atoms with Gasteiger partial charge in [0, 0.05) is 6.42 Å². The fraction of sp³-hybridized carbons (Fsp3) is 0.417. The van der Waals surface area contributed by atoms with Crippen LogP contribution >= 0.6 is 0 Å². The topological polar surface area (TPSA) is 26.3 Å². The summed E-state index contributed by atoms with van der Waals surface area (Å²) < 4.78 is 5.62. The maximum Gasteiger partial charge on any atom is 0.122 e. The molecule has 1 aliphatic rings. The molecule has 2 rings (SSSR count). The third-order valence-electron chi connectivity index (χ3n) is 2.65. The average molecular weight is 190 g/mol. The van der Waals surface area contributed by atoms with Gasteiger partial charge in [0.25, 0.3) is 0 Å². The summed E-state index contributed by atoms with van der Waals surface area (Å²) in [6.45, 7) is 0.755. The summed E-state index contributed by atoms with van der Waals surface area (Å²) in [5.74, 6) is 1.52. The molecule has 0 fully saturated rings. The van der Waals surface area contributed by atoms with Crippen molar-refractivity contribution < 1.29 is 9.53 Å². The van der Waals surface area contributed by atoms with E-state index < -0.39 is 0 Å². The number of benzene rings is 1. The highest BCUT2D eigenvalue weighted by Crippen LogP contribution is 2.28. The van der Waals surface area contributed by atoms with Gasteiger partial charge in [-0.25, -0.2) is 0 Å². The Bertz CT molecular complexity index is 320. The van der Waals surface area contributed by atoms with Crippen LogP contribution in [0.5, 0.6) is 5.75 Å². The van der Waals surface area contributed by atoms with E-state index in [2.05, 4.69) is 6.07 Å². The first-order chi connectivity index (χ1) is 6.90. The predicted octanol–water partition coefficient (Wildman–Crippen LogP) is 2.22. The SMILES string of the molecule is O=CCCC1COc2ccccc2C1. The van der Waals surface area contributed by atoms with Crippen molar-refractivity contribution in [2.24, 2.45) is 5.92 Å². The number of fused-ring (bicyclic) bond motifs is 1. The predicted molar refractivity (Wildman–Crippen MR) is 54.4 cm³/mol. The van der Waals surface area contributed by atoms with Crippen molar-refractivity contribution in [3.05, 3.63) is 29.8 Å². The molecule has 14 heavy (non-hydrogen) atoms. The van der Waals surface area contributed by atoms with E-state index in [1.54, 1.807) is 0 Å². The highest BCUT2D eigenvalue weighted by Gasteiger charge is 2.18. The summed E-state index contributed by atoms with van der Waals surface area (Å²) in [5, 5.41) is 0. The third kappa shape index (κ3) is 1.95. The number of carbonyl (C=O) groups is 1. The molecule has 0 aliphatic carbocycles. The van der Waals surface area contributed by atoms with Crippen LogP contribution in [0.25, 0.3) is 0 Å². The largest absolute Gasteiger partial charge is 0.493 e. The summed E-state index contributed by atoms with van der Waals surface area (Å²) in [4.78, 5) is 10.3. The molecule has 0 amide bonds. The zero-order chi connectivity index (χ0) is 9.80. The second-order valence-corrected chi connectivity index (χ2v) is 3.73. The van der Waals surface area contributed by atoms with Gasteiger partial charge >= 0.3 is 0 Å². The van der Waals surface area contributed by atoms with Crippen molar-refractivity contribution in [2.75, 3.05) is 6.61 Å². The zero-order valence-corrected chi connectivity index (χ0v) is 8.11. The molecular weight excluding hydrogens is 176 g/mol. The molecule has 2 nitrogen and oxygen atoms in total. The molecule has 1 heterocycles. The van der Waals surface area contributed by atoms with Gasteiger partial charge < -0.3 is 9.53 Å². The zero-order valence-electron chi connectivity index (χ0n) is 8.11. The molecule has 0 saturated heterocycles. The molecule has 1 unspecified atom stereocenters. The van der Waals surface area contributed by atoms with Crippen LogP contribution < -0.4 is 4.74 Å². The lowest BCUT2D eigenvalue weighted by atomic mass is 9.93. The number of aldehydes is 1. The first-order valence-electron chi connectivity index (χ1n) is 5.04. The molecule has 1 aliphatic heterocycles. The second-order valence-electron chi connectivity index (χ2n) is 3.73. The normalized spacial score (nSPS) is 19.6. The summed E-state index contributed by atoms with van der Waals surface area (Å²) in [5.41, 5.74) is 1.27. The highest BCUT2D eigenvalue weighted by molar-refractivity contribution is 5.49. The van der Waals surface area contributed by atoms with Crippen LogP contribution in [0.1, 0.15) is 18.4 Å². The van der Waals surface area contributed by atoms with E-state index in [9.17, 15) is 4.79 Å². The van der Waals surface area contributed by atoms with Crippen LogP contribution in [0.2, 0.25) is 0 Å². The Balaban J connectivity index is 2.02. The van der Waals surface area contributed by atoms with Gasteiger partial charge in [-0.2, -0.15) is 0 Å². The van der Waals surface area contributed by atoms with Gasteiger partial charge in [0.1, 0.15) is 12.0 Å². The van der Waals surface area contributed by atoms with Crippen molar-refractivity contribution in [2.45, 2.75) is 19.3 Å². The first kappa shape index (κ1) is 9.25. The quantitative estimate of drug-likeness (QED) is 0.683. The third-order valence-corrected chi connectivity index (χ3v) is 2.65. The maximum atomic E-state index is 10.3. The molecule has 2 heteroatoms. The van der Waals surface area contributed by atoms with Gasteiger partial charge in [0.15, 0.2) is 0 Å². The molecule has 1 aromatic rings. The maximum absolute atomic E-state index is 10.3. The number of hydrogen-bond acceptors (Lipinski definition) is 2. The molecule has 0 aromatic heterocycles. The number of para-hydroxylation sites is 1. The summed E-state index contributed by atoms with van der Waals surface area (Å²) in [6.07, 6.45) is 3.62. The van der Waals surface area contributed by atoms with Crippen molar-refractivity contribution >= 4 is 6.29 Å². The summed E-state index contributed by atoms with van der Waals surface area (Å²) >= 11 is 0. The van der Waals surface area contributed by atoms with Crippen LogP contribution in [0, 0.1) is 5.92 Å². The minimum Gasteiger partial charge on any atom is -0.493 e. The Kier molecular flexibility index (Phi) is 2.82. The minimum atomic E-state index is 0.509. The number of ether oxygens (including phenoxy) is 1. The van der Waals surface area contributed by atoms with Crippen molar-refractivity contribution in [3.8, 4) is 5.75 Å². The molecule has 0 radical (unpaired) electrons. The Hall–Kier alpha value is -1.31. The van der Waals surface area contributed by atoms with E-state index in [1.807, 2.05) is 18.2 Å². The van der Waals surface area contributed by atoms with Gasteiger partial charge in [-0.15, -0.1) is 0 Å². The Labute approximate surface area is 83.9 Å². The van der Waals surface area contributed by atoms with Gasteiger partial charge in [-0.05, 0) is 30.4 Å². The van der Waals surface area contributed by atoms with E-state index in [1.165, 1.54) is 5.56 Å². The molecule has 74 valence electrons. The Morgan fingerprint density at radius 2 is 2.29 bits per heavy atom. The number of rotatable bonds is 3. The first-order valence-corrected chi connectivity index (χ1v) is 5.04. The van der Waals surface area contributed by atoms with Crippen LogP contribution in [0.4, 0.5) is 0 Å². The lowest BCUT2D eigenvalue weighted by Gasteiger charge is -2.24. The Morgan fingerprint density at radius 1 is 1.43 bits per heavy atom. The standard InChI is InChI=1S/C12H14O2/c13-7-3-4-10-8-11-5-1-2-6-12(11)14-9-10/h1-2,5-7,10H,3-4,8-9H2. The fourth-order valence-corrected chi connectivity index (χ4v) is 1.88. The lowest BCUT2D eigenvalue weighted by molar-refractivity contribution is -0.108. The van der Waals surface area contributed by atoms with E-state index in [4.69, 9.17) is 4.74 Å². The second kappa shape index (κ2) is 4.27. The van der Waals surface area contributed by atoms with Crippen LogP contribution in [-0.2, 0) is 11.2 Å². The van der Waals surface area contributed by atoms with Crippen LogP contribution in [0.15, 0.2) is 24.3 Å². The molecule has 1 atom stereocenters. The number of carbonyl (C=O) groups excluding carboxylic acids is 1. The van der Waals surface area contributed by atoms with Crippen LogP contribution in [0.3, 0.4) is 0 Å². The molecule has 0 spiro atoms. The molecule has 0 saturated carbocycles. The Morgan fingerprint density at radius 3 is 3.14 bits per heavy atom. The molecule has 0 N–H and O–H groups in total. The summed E-state index contributed by atoms with van der Waals surface area (Å²) in [7, 11) is 0. The van der Waals surface area contributed by atoms with Gasteiger partial charge in [-0.1, -0.05) is 18.2 Å². The van der Waals surface area contributed by atoms with Crippen LogP contribution in [-0.4, -0.2) is 12.9 Å². The smallest absolute Gasteiger partial charge is 0.122 e. The van der Waals surface area contributed by atoms with Crippen molar-refractivity contribution in [3.63, 3.8) is 0 Å². The monoisotopic (exact) mass is 190 g/mol. The van der Waals surface area contributed by atoms with E-state index in [0.29, 0.717) is 12.3 Å². The highest BCUT2D eigenvalue weighted by atomic mass is 16.5.